The highest BCUT2D eigenvalue weighted by molar-refractivity contribution is 5.76. The zero-order chi connectivity index (χ0) is 18.2. The van der Waals surface area contributed by atoms with Crippen LogP contribution in [0.25, 0.3) is 11.3 Å². The van der Waals surface area contributed by atoms with Crippen LogP contribution in [0.15, 0.2) is 34.9 Å². The molecule has 1 N–H and O–H groups in total. The van der Waals surface area contributed by atoms with Gasteiger partial charge in [-0.1, -0.05) is 25.7 Å². The third-order valence-electron chi connectivity index (χ3n) is 4.79. The molecular weight excluding hydrogens is 328 g/mol. The number of benzene rings is 1. The summed E-state index contributed by atoms with van der Waals surface area (Å²) in [7, 11) is 0. The molecule has 2 aromatic rings. The number of carbonyl (C=O) groups is 1. The lowest BCUT2D eigenvalue weighted by Crippen LogP contribution is -2.34. The predicted octanol–water partition coefficient (Wildman–Crippen LogP) is 4.51. The molecule has 0 unspecified atom stereocenters. The SMILES string of the molecule is CCOc1ccc(-c2cnc(CCC(=O)NC3CCCCCC3)o2)cc1. The van der Waals surface area contributed by atoms with E-state index in [1.54, 1.807) is 6.20 Å². The van der Waals surface area contributed by atoms with Gasteiger partial charge in [0.15, 0.2) is 11.7 Å². The Bertz CT molecular complexity index is 686. The number of aromatic nitrogens is 1. The molecule has 0 saturated heterocycles. The minimum atomic E-state index is 0.0951. The molecule has 1 amide bonds. The number of carbonyl (C=O) groups excluding carboxylic acids is 1. The van der Waals surface area contributed by atoms with Gasteiger partial charge in [-0.2, -0.15) is 0 Å². The summed E-state index contributed by atoms with van der Waals surface area (Å²) in [4.78, 5) is 16.5. The normalized spacial score (nSPS) is 15.4. The lowest BCUT2D eigenvalue weighted by molar-refractivity contribution is -0.121. The average molecular weight is 356 g/mol. The first-order chi connectivity index (χ1) is 12.7. The fourth-order valence-corrected chi connectivity index (χ4v) is 3.39. The molecule has 0 spiro atoms. The third-order valence-corrected chi connectivity index (χ3v) is 4.79. The van der Waals surface area contributed by atoms with Gasteiger partial charge in [0.25, 0.3) is 0 Å². The maximum atomic E-state index is 12.2. The molecule has 1 aromatic carbocycles. The van der Waals surface area contributed by atoms with Crippen molar-refractivity contribution < 1.29 is 13.9 Å². The van der Waals surface area contributed by atoms with E-state index in [9.17, 15) is 4.79 Å². The molecule has 140 valence electrons. The Morgan fingerprint density at radius 2 is 1.92 bits per heavy atom. The summed E-state index contributed by atoms with van der Waals surface area (Å²) in [5, 5.41) is 3.16. The largest absolute Gasteiger partial charge is 0.494 e. The van der Waals surface area contributed by atoms with Gasteiger partial charge >= 0.3 is 0 Å². The number of ether oxygens (including phenoxy) is 1. The highest BCUT2D eigenvalue weighted by Crippen LogP contribution is 2.23. The fraction of sp³-hybridized carbons (Fsp3) is 0.524. The predicted molar refractivity (Wildman–Crippen MR) is 101 cm³/mol. The van der Waals surface area contributed by atoms with Crippen LogP contribution in [0.4, 0.5) is 0 Å². The van der Waals surface area contributed by atoms with Crippen LogP contribution in [-0.4, -0.2) is 23.5 Å². The van der Waals surface area contributed by atoms with E-state index in [1.165, 1.54) is 25.7 Å². The Balaban J connectivity index is 1.49. The summed E-state index contributed by atoms with van der Waals surface area (Å²) < 4.78 is 11.2. The van der Waals surface area contributed by atoms with Crippen molar-refractivity contribution in [1.29, 1.82) is 0 Å². The van der Waals surface area contributed by atoms with Crippen LogP contribution < -0.4 is 10.1 Å². The molecule has 1 aliphatic carbocycles. The van der Waals surface area contributed by atoms with Crippen molar-refractivity contribution in [2.45, 2.75) is 64.3 Å². The quantitative estimate of drug-likeness (QED) is 0.741. The van der Waals surface area contributed by atoms with Crippen LogP contribution in [-0.2, 0) is 11.2 Å². The van der Waals surface area contributed by atoms with Crippen molar-refractivity contribution in [2.24, 2.45) is 0 Å². The monoisotopic (exact) mass is 356 g/mol. The summed E-state index contributed by atoms with van der Waals surface area (Å²) in [6.07, 6.45) is 9.88. The van der Waals surface area contributed by atoms with Crippen LogP contribution in [0.3, 0.4) is 0 Å². The molecule has 1 saturated carbocycles. The van der Waals surface area contributed by atoms with E-state index in [4.69, 9.17) is 9.15 Å². The number of nitrogens with zero attached hydrogens (tertiary/aromatic N) is 1. The molecule has 1 heterocycles. The van der Waals surface area contributed by atoms with Gasteiger partial charge < -0.3 is 14.5 Å². The van der Waals surface area contributed by atoms with Gasteiger partial charge in [-0.15, -0.1) is 0 Å². The number of amides is 1. The topological polar surface area (TPSA) is 64.4 Å². The van der Waals surface area contributed by atoms with Gasteiger partial charge in [-0.05, 0) is 44.0 Å². The van der Waals surface area contributed by atoms with Crippen LogP contribution in [0.1, 0.15) is 57.8 Å². The second-order valence-electron chi connectivity index (χ2n) is 6.83. The second kappa shape index (κ2) is 9.41. The maximum Gasteiger partial charge on any atom is 0.220 e. The van der Waals surface area contributed by atoms with Crippen molar-refractivity contribution in [3.8, 4) is 17.1 Å². The molecule has 0 bridgehead atoms. The van der Waals surface area contributed by atoms with E-state index in [1.807, 2.05) is 31.2 Å². The van der Waals surface area contributed by atoms with E-state index < -0.39 is 0 Å². The molecule has 5 nitrogen and oxygen atoms in total. The molecule has 1 aliphatic rings. The Hall–Kier alpha value is -2.30. The number of aryl methyl sites for hydroxylation is 1. The van der Waals surface area contributed by atoms with Gasteiger partial charge in [0.05, 0.1) is 12.8 Å². The van der Waals surface area contributed by atoms with Crippen LogP contribution in [0, 0.1) is 0 Å². The smallest absolute Gasteiger partial charge is 0.220 e. The van der Waals surface area contributed by atoms with Gasteiger partial charge in [0.1, 0.15) is 5.75 Å². The minimum Gasteiger partial charge on any atom is -0.494 e. The lowest BCUT2D eigenvalue weighted by Gasteiger charge is -2.15. The zero-order valence-corrected chi connectivity index (χ0v) is 15.5. The molecule has 5 heteroatoms. The second-order valence-corrected chi connectivity index (χ2v) is 6.83. The van der Waals surface area contributed by atoms with E-state index in [0.717, 1.165) is 24.2 Å². The lowest BCUT2D eigenvalue weighted by atomic mass is 10.1. The van der Waals surface area contributed by atoms with Crippen LogP contribution in [0.2, 0.25) is 0 Å². The maximum absolute atomic E-state index is 12.2. The number of hydrogen-bond donors (Lipinski definition) is 1. The van der Waals surface area contributed by atoms with Gasteiger partial charge in [-0.25, -0.2) is 4.98 Å². The van der Waals surface area contributed by atoms with E-state index in [-0.39, 0.29) is 5.91 Å². The van der Waals surface area contributed by atoms with Crippen LogP contribution >= 0.6 is 0 Å². The minimum absolute atomic E-state index is 0.0951. The van der Waals surface area contributed by atoms with E-state index >= 15 is 0 Å². The van der Waals surface area contributed by atoms with Crippen molar-refractivity contribution in [2.75, 3.05) is 6.61 Å². The summed E-state index contributed by atoms with van der Waals surface area (Å²) >= 11 is 0. The first-order valence-corrected chi connectivity index (χ1v) is 9.72. The molecule has 0 radical (unpaired) electrons. The highest BCUT2D eigenvalue weighted by atomic mass is 16.5. The molecule has 26 heavy (non-hydrogen) atoms. The highest BCUT2D eigenvalue weighted by Gasteiger charge is 2.15. The van der Waals surface area contributed by atoms with Crippen LogP contribution in [0.5, 0.6) is 5.75 Å². The molecule has 3 rings (SSSR count). The summed E-state index contributed by atoms with van der Waals surface area (Å²) in [6.45, 7) is 2.61. The number of hydrogen-bond acceptors (Lipinski definition) is 4. The van der Waals surface area contributed by atoms with Gasteiger partial charge in [0.2, 0.25) is 5.91 Å². The van der Waals surface area contributed by atoms with Gasteiger partial charge in [0, 0.05) is 24.4 Å². The van der Waals surface area contributed by atoms with Crippen molar-refractivity contribution in [3.63, 3.8) is 0 Å². The average Bonchev–Trinajstić information content (AvgIpc) is 2.98. The summed E-state index contributed by atoms with van der Waals surface area (Å²) in [5.41, 5.74) is 0.954. The summed E-state index contributed by atoms with van der Waals surface area (Å²) in [5.74, 6) is 2.25. The molecule has 0 atom stereocenters. The first kappa shape index (κ1) is 18.5. The molecule has 1 aromatic heterocycles. The first-order valence-electron chi connectivity index (χ1n) is 9.72. The summed E-state index contributed by atoms with van der Waals surface area (Å²) in [6, 6.07) is 8.08. The van der Waals surface area contributed by atoms with E-state index in [2.05, 4.69) is 10.3 Å². The molecule has 0 aliphatic heterocycles. The molecule has 1 fully saturated rings. The third kappa shape index (κ3) is 5.35. The Kier molecular flexibility index (Phi) is 6.69. The standard InChI is InChI=1S/C21H28N2O3/c1-2-25-18-11-9-16(10-12-18)19-15-22-21(26-19)14-13-20(24)23-17-7-5-3-4-6-8-17/h9-12,15,17H,2-8,13-14H2,1H3,(H,23,24). The number of oxazole rings is 1. The number of nitrogens with one attached hydrogen (secondary N) is 1. The number of rotatable bonds is 7. The Labute approximate surface area is 155 Å². The van der Waals surface area contributed by atoms with Crippen molar-refractivity contribution in [1.82, 2.24) is 10.3 Å². The van der Waals surface area contributed by atoms with E-state index in [0.29, 0.717) is 37.1 Å². The fourth-order valence-electron chi connectivity index (χ4n) is 3.39. The van der Waals surface area contributed by atoms with Crippen molar-refractivity contribution >= 4 is 5.91 Å². The zero-order valence-electron chi connectivity index (χ0n) is 15.5. The molecular formula is C21H28N2O3. The Morgan fingerprint density at radius 1 is 1.19 bits per heavy atom. The Morgan fingerprint density at radius 3 is 2.62 bits per heavy atom. The van der Waals surface area contributed by atoms with Crippen molar-refractivity contribution in [3.05, 3.63) is 36.4 Å². The van der Waals surface area contributed by atoms with Gasteiger partial charge in [-0.3, -0.25) is 4.79 Å².